The predicted molar refractivity (Wildman–Crippen MR) is 76.6 cm³/mol. The number of carbonyl (C=O) groups is 1. The molecular formula is C15H14N4O. The number of aromatic amines is 1. The second-order valence-corrected chi connectivity index (χ2v) is 4.55. The first-order chi connectivity index (χ1) is 9.66. The minimum atomic E-state index is -0.447. The molecule has 0 saturated heterocycles. The summed E-state index contributed by atoms with van der Waals surface area (Å²) in [5.74, 6) is 0.393. The van der Waals surface area contributed by atoms with E-state index in [1.807, 2.05) is 43.5 Å². The van der Waals surface area contributed by atoms with Crippen molar-refractivity contribution in [2.75, 3.05) is 0 Å². The van der Waals surface area contributed by atoms with Gasteiger partial charge in [-0.15, -0.1) is 0 Å². The zero-order valence-corrected chi connectivity index (χ0v) is 11.0. The minimum absolute atomic E-state index is 0.447. The summed E-state index contributed by atoms with van der Waals surface area (Å²) in [7, 11) is 0. The maximum absolute atomic E-state index is 11.6. The van der Waals surface area contributed by atoms with Gasteiger partial charge in [0.15, 0.2) is 0 Å². The van der Waals surface area contributed by atoms with Crippen molar-refractivity contribution in [1.82, 2.24) is 14.8 Å². The molecule has 5 heteroatoms. The number of H-pyrrole nitrogens is 1. The number of carbonyl (C=O) groups excluding carboxylic acids is 1. The molecule has 3 aromatic rings. The van der Waals surface area contributed by atoms with Crippen molar-refractivity contribution in [3.05, 3.63) is 59.9 Å². The molecule has 0 bridgehead atoms. The van der Waals surface area contributed by atoms with Gasteiger partial charge < -0.3 is 10.7 Å². The van der Waals surface area contributed by atoms with Gasteiger partial charge in [-0.2, -0.15) is 5.10 Å². The lowest BCUT2D eigenvalue weighted by atomic mass is 10.0. The van der Waals surface area contributed by atoms with Crippen LogP contribution in [0.25, 0.3) is 17.1 Å². The maximum Gasteiger partial charge on any atom is 0.249 e. The van der Waals surface area contributed by atoms with Gasteiger partial charge in [0.1, 0.15) is 5.82 Å². The smallest absolute Gasteiger partial charge is 0.249 e. The Hall–Kier alpha value is -2.82. The second kappa shape index (κ2) is 4.70. The highest BCUT2D eigenvalue weighted by molar-refractivity contribution is 5.99. The number of nitrogens with one attached hydrogen (secondary N) is 1. The zero-order valence-electron chi connectivity index (χ0n) is 11.0. The first kappa shape index (κ1) is 12.2. The topological polar surface area (TPSA) is 76.7 Å². The van der Waals surface area contributed by atoms with Crippen LogP contribution in [0.15, 0.2) is 48.7 Å². The largest absolute Gasteiger partial charge is 0.366 e. The van der Waals surface area contributed by atoms with Gasteiger partial charge in [-0.3, -0.25) is 4.79 Å². The molecule has 1 aromatic carbocycles. The van der Waals surface area contributed by atoms with Gasteiger partial charge in [-0.1, -0.05) is 18.2 Å². The number of amides is 1. The molecule has 3 rings (SSSR count). The van der Waals surface area contributed by atoms with E-state index in [-0.39, 0.29) is 0 Å². The van der Waals surface area contributed by atoms with Crippen LogP contribution < -0.4 is 5.73 Å². The Morgan fingerprint density at radius 1 is 1.25 bits per heavy atom. The lowest BCUT2D eigenvalue weighted by Crippen LogP contribution is -2.13. The molecular weight excluding hydrogens is 252 g/mol. The Morgan fingerprint density at radius 3 is 2.75 bits per heavy atom. The zero-order chi connectivity index (χ0) is 14.1. The summed E-state index contributed by atoms with van der Waals surface area (Å²) in [4.78, 5) is 14.7. The van der Waals surface area contributed by atoms with Gasteiger partial charge in [0.05, 0.1) is 11.4 Å². The molecule has 0 atom stereocenters. The quantitative estimate of drug-likeness (QED) is 0.763. The molecule has 5 nitrogen and oxygen atoms in total. The van der Waals surface area contributed by atoms with E-state index in [0.29, 0.717) is 5.56 Å². The van der Waals surface area contributed by atoms with Crippen LogP contribution >= 0.6 is 0 Å². The summed E-state index contributed by atoms with van der Waals surface area (Å²) in [6.45, 7) is 1.91. The molecule has 1 amide bonds. The number of benzene rings is 1. The fourth-order valence-corrected chi connectivity index (χ4v) is 2.25. The summed E-state index contributed by atoms with van der Waals surface area (Å²) in [6.07, 6.45) is 1.83. The molecule has 0 aliphatic heterocycles. The summed E-state index contributed by atoms with van der Waals surface area (Å²) in [5.41, 5.74) is 8.41. The third-order valence-corrected chi connectivity index (χ3v) is 3.11. The fraction of sp³-hybridized carbons (Fsp3) is 0.0667. The fourth-order valence-electron chi connectivity index (χ4n) is 2.25. The lowest BCUT2D eigenvalue weighted by Gasteiger charge is -2.08. The Labute approximate surface area is 116 Å². The number of hydrogen-bond donors (Lipinski definition) is 2. The molecule has 0 aliphatic carbocycles. The van der Waals surface area contributed by atoms with Gasteiger partial charge in [0.2, 0.25) is 5.91 Å². The van der Waals surface area contributed by atoms with Gasteiger partial charge in [-0.25, -0.2) is 4.68 Å². The molecule has 0 aliphatic rings. The average Bonchev–Trinajstić information content (AvgIpc) is 3.07. The Kier molecular flexibility index (Phi) is 2.87. The van der Waals surface area contributed by atoms with Crippen molar-refractivity contribution in [2.45, 2.75) is 6.92 Å². The monoisotopic (exact) mass is 266 g/mol. The molecule has 3 N–H and O–H groups in total. The molecule has 2 aromatic heterocycles. The van der Waals surface area contributed by atoms with Gasteiger partial charge in [0.25, 0.3) is 0 Å². The van der Waals surface area contributed by atoms with E-state index in [0.717, 1.165) is 22.8 Å². The number of aromatic nitrogens is 3. The number of hydrogen-bond acceptors (Lipinski definition) is 2. The van der Waals surface area contributed by atoms with E-state index in [1.165, 1.54) is 0 Å². The number of rotatable bonds is 3. The maximum atomic E-state index is 11.6. The molecule has 100 valence electrons. The van der Waals surface area contributed by atoms with Gasteiger partial charge in [0, 0.05) is 17.3 Å². The third-order valence-electron chi connectivity index (χ3n) is 3.11. The number of aryl methyl sites for hydroxylation is 1. The van der Waals surface area contributed by atoms with Crippen molar-refractivity contribution >= 4 is 5.91 Å². The van der Waals surface area contributed by atoms with Crippen LogP contribution in [-0.2, 0) is 0 Å². The molecule has 0 spiro atoms. The SMILES string of the molecule is Cc1cc(-c2ccccc2C(N)=O)n(-c2ccc[nH]2)n1. The number of nitrogens with two attached hydrogens (primary N) is 1. The first-order valence-electron chi connectivity index (χ1n) is 6.26. The van der Waals surface area contributed by atoms with E-state index < -0.39 is 5.91 Å². The highest BCUT2D eigenvalue weighted by Gasteiger charge is 2.15. The second-order valence-electron chi connectivity index (χ2n) is 4.55. The normalized spacial score (nSPS) is 10.7. The Balaban J connectivity index is 2.24. The van der Waals surface area contributed by atoms with E-state index in [4.69, 9.17) is 5.73 Å². The van der Waals surface area contributed by atoms with Crippen LogP contribution in [0.1, 0.15) is 16.1 Å². The molecule has 0 saturated carbocycles. The van der Waals surface area contributed by atoms with E-state index in [1.54, 1.807) is 16.8 Å². The number of nitrogens with zero attached hydrogens (tertiary/aromatic N) is 2. The third kappa shape index (κ3) is 1.99. The summed E-state index contributed by atoms with van der Waals surface area (Å²) in [5, 5.41) is 4.46. The van der Waals surface area contributed by atoms with Crippen LogP contribution in [0.3, 0.4) is 0 Å². The van der Waals surface area contributed by atoms with E-state index >= 15 is 0 Å². The predicted octanol–water partition coefficient (Wildman–Crippen LogP) is 2.27. The van der Waals surface area contributed by atoms with Gasteiger partial charge in [-0.05, 0) is 31.2 Å². The first-order valence-corrected chi connectivity index (χ1v) is 6.26. The van der Waals surface area contributed by atoms with Crippen molar-refractivity contribution in [3.63, 3.8) is 0 Å². The Bertz CT molecular complexity index is 756. The van der Waals surface area contributed by atoms with Crippen molar-refractivity contribution < 1.29 is 4.79 Å². The summed E-state index contributed by atoms with van der Waals surface area (Å²) >= 11 is 0. The standard InChI is InChI=1S/C15H14N4O/c1-10-9-13(19(18-10)14-7-4-8-17-14)11-5-2-3-6-12(11)15(16)20/h2-9,17H,1H3,(H2,16,20). The summed E-state index contributed by atoms with van der Waals surface area (Å²) in [6, 6.07) is 13.0. The van der Waals surface area contributed by atoms with Crippen molar-refractivity contribution in [2.24, 2.45) is 5.73 Å². The molecule has 0 fully saturated rings. The molecule has 0 radical (unpaired) electrons. The van der Waals surface area contributed by atoms with Crippen molar-refractivity contribution in [3.8, 4) is 17.1 Å². The van der Waals surface area contributed by atoms with Crippen LogP contribution in [0.5, 0.6) is 0 Å². The highest BCUT2D eigenvalue weighted by atomic mass is 16.1. The van der Waals surface area contributed by atoms with Crippen LogP contribution in [0, 0.1) is 6.92 Å². The molecule has 2 heterocycles. The van der Waals surface area contributed by atoms with Gasteiger partial charge >= 0.3 is 0 Å². The van der Waals surface area contributed by atoms with E-state index in [2.05, 4.69) is 10.1 Å². The van der Waals surface area contributed by atoms with Crippen molar-refractivity contribution in [1.29, 1.82) is 0 Å². The lowest BCUT2D eigenvalue weighted by molar-refractivity contribution is 0.100. The van der Waals surface area contributed by atoms with E-state index in [9.17, 15) is 4.79 Å². The van der Waals surface area contributed by atoms with Crippen LogP contribution in [-0.4, -0.2) is 20.7 Å². The van der Waals surface area contributed by atoms with Crippen LogP contribution in [0.4, 0.5) is 0 Å². The molecule has 20 heavy (non-hydrogen) atoms. The average molecular weight is 266 g/mol. The van der Waals surface area contributed by atoms with Crippen LogP contribution in [0.2, 0.25) is 0 Å². The molecule has 0 unspecified atom stereocenters. The highest BCUT2D eigenvalue weighted by Crippen LogP contribution is 2.26. The Morgan fingerprint density at radius 2 is 2.05 bits per heavy atom. The number of primary amides is 1. The minimum Gasteiger partial charge on any atom is -0.366 e. The summed E-state index contributed by atoms with van der Waals surface area (Å²) < 4.78 is 1.77.